The molecular formula is C13H15ClIN3. The van der Waals surface area contributed by atoms with E-state index in [0.29, 0.717) is 6.04 Å². The zero-order valence-electron chi connectivity index (χ0n) is 10.3. The number of aromatic nitrogens is 2. The predicted octanol–water partition coefficient (Wildman–Crippen LogP) is 4.33. The van der Waals surface area contributed by atoms with Crippen molar-refractivity contribution in [2.45, 2.75) is 26.4 Å². The molecule has 0 amide bonds. The maximum Gasteiger partial charge on any atom is 0.0951 e. The quantitative estimate of drug-likeness (QED) is 0.806. The van der Waals surface area contributed by atoms with E-state index >= 15 is 0 Å². The third-order valence-electron chi connectivity index (χ3n) is 2.69. The van der Waals surface area contributed by atoms with Crippen LogP contribution in [0.4, 0.5) is 5.69 Å². The van der Waals surface area contributed by atoms with E-state index in [4.69, 9.17) is 11.6 Å². The molecule has 0 aliphatic heterocycles. The van der Waals surface area contributed by atoms with Crippen LogP contribution in [0.1, 0.15) is 25.6 Å². The Morgan fingerprint density at radius 1 is 1.44 bits per heavy atom. The smallest absolute Gasteiger partial charge is 0.0951 e. The summed E-state index contributed by atoms with van der Waals surface area (Å²) in [6.45, 7) is 5.06. The Balaban J connectivity index is 2.09. The lowest BCUT2D eigenvalue weighted by atomic mass is 10.3. The molecule has 0 radical (unpaired) electrons. The Hall–Kier alpha value is -0.750. The van der Waals surface area contributed by atoms with Gasteiger partial charge in [-0.3, -0.25) is 0 Å². The van der Waals surface area contributed by atoms with Crippen LogP contribution in [0.3, 0.4) is 0 Å². The Labute approximate surface area is 126 Å². The molecule has 0 saturated heterocycles. The highest BCUT2D eigenvalue weighted by Gasteiger charge is 2.06. The maximum absolute atomic E-state index is 5.94. The number of nitrogens with one attached hydrogen (secondary N) is 1. The third kappa shape index (κ3) is 3.17. The Kier molecular flexibility index (Phi) is 4.50. The first-order valence-electron chi connectivity index (χ1n) is 5.77. The van der Waals surface area contributed by atoms with Gasteiger partial charge in [0.25, 0.3) is 0 Å². The number of imidazole rings is 1. The van der Waals surface area contributed by atoms with Crippen molar-refractivity contribution in [2.24, 2.45) is 0 Å². The highest BCUT2D eigenvalue weighted by molar-refractivity contribution is 14.1. The highest BCUT2D eigenvalue weighted by atomic mass is 127. The van der Waals surface area contributed by atoms with Crippen molar-refractivity contribution in [1.82, 2.24) is 9.55 Å². The van der Waals surface area contributed by atoms with Crippen molar-refractivity contribution in [3.05, 3.63) is 45.0 Å². The van der Waals surface area contributed by atoms with Gasteiger partial charge in [-0.05, 0) is 54.6 Å². The first-order chi connectivity index (χ1) is 8.58. The molecule has 3 nitrogen and oxygen atoms in total. The van der Waals surface area contributed by atoms with Crippen molar-refractivity contribution in [3.8, 4) is 0 Å². The zero-order chi connectivity index (χ0) is 13.1. The van der Waals surface area contributed by atoms with Gasteiger partial charge in [0.05, 0.1) is 18.6 Å². The summed E-state index contributed by atoms with van der Waals surface area (Å²) in [5.74, 6) is 0. The van der Waals surface area contributed by atoms with Crippen LogP contribution in [0.2, 0.25) is 5.02 Å². The topological polar surface area (TPSA) is 29.9 Å². The van der Waals surface area contributed by atoms with Gasteiger partial charge in [-0.2, -0.15) is 0 Å². The Morgan fingerprint density at radius 3 is 2.89 bits per heavy atom. The summed E-state index contributed by atoms with van der Waals surface area (Å²) < 4.78 is 3.28. The molecule has 0 fully saturated rings. The van der Waals surface area contributed by atoms with Crippen LogP contribution in [0.15, 0.2) is 30.7 Å². The average molecular weight is 376 g/mol. The van der Waals surface area contributed by atoms with Crippen LogP contribution in [0.5, 0.6) is 0 Å². The SMILES string of the molecule is CC(C)n1cncc1CNc1ccc(Cl)cc1I. The second kappa shape index (κ2) is 5.93. The molecule has 2 aromatic rings. The van der Waals surface area contributed by atoms with Gasteiger partial charge < -0.3 is 9.88 Å². The summed E-state index contributed by atoms with van der Waals surface area (Å²) in [6.07, 6.45) is 3.77. The fourth-order valence-electron chi connectivity index (χ4n) is 1.75. The molecule has 1 aromatic carbocycles. The van der Waals surface area contributed by atoms with Crippen molar-refractivity contribution in [1.29, 1.82) is 0 Å². The molecule has 0 atom stereocenters. The summed E-state index contributed by atoms with van der Waals surface area (Å²) in [6, 6.07) is 6.27. The summed E-state index contributed by atoms with van der Waals surface area (Å²) >= 11 is 8.22. The predicted molar refractivity (Wildman–Crippen MR) is 84.1 cm³/mol. The van der Waals surface area contributed by atoms with Crippen molar-refractivity contribution in [2.75, 3.05) is 5.32 Å². The van der Waals surface area contributed by atoms with Gasteiger partial charge in [0.15, 0.2) is 0 Å². The van der Waals surface area contributed by atoms with Gasteiger partial charge in [-0.1, -0.05) is 11.6 Å². The highest BCUT2D eigenvalue weighted by Crippen LogP contribution is 2.23. The molecule has 0 aliphatic carbocycles. The van der Waals surface area contributed by atoms with E-state index in [2.05, 4.69) is 51.3 Å². The second-order valence-electron chi connectivity index (χ2n) is 4.36. The molecule has 0 unspecified atom stereocenters. The average Bonchev–Trinajstić information content (AvgIpc) is 2.76. The number of hydrogen-bond donors (Lipinski definition) is 1. The lowest BCUT2D eigenvalue weighted by molar-refractivity contribution is 0.577. The molecule has 0 spiro atoms. The second-order valence-corrected chi connectivity index (χ2v) is 5.96. The fraction of sp³-hybridized carbons (Fsp3) is 0.308. The Morgan fingerprint density at radius 2 is 2.22 bits per heavy atom. The molecule has 5 heteroatoms. The van der Waals surface area contributed by atoms with E-state index < -0.39 is 0 Å². The minimum atomic E-state index is 0.425. The summed E-state index contributed by atoms with van der Waals surface area (Å²) in [4.78, 5) is 4.19. The molecule has 1 N–H and O–H groups in total. The number of halogens is 2. The summed E-state index contributed by atoms with van der Waals surface area (Å²) in [5, 5.41) is 4.17. The van der Waals surface area contributed by atoms with E-state index in [-0.39, 0.29) is 0 Å². The van der Waals surface area contributed by atoms with Gasteiger partial charge in [0, 0.05) is 26.5 Å². The van der Waals surface area contributed by atoms with Gasteiger partial charge >= 0.3 is 0 Å². The van der Waals surface area contributed by atoms with Crippen LogP contribution >= 0.6 is 34.2 Å². The van der Waals surface area contributed by atoms with Crippen molar-refractivity contribution < 1.29 is 0 Å². The van der Waals surface area contributed by atoms with Crippen LogP contribution < -0.4 is 5.32 Å². The number of hydrogen-bond acceptors (Lipinski definition) is 2. The maximum atomic E-state index is 5.94. The fourth-order valence-corrected chi connectivity index (χ4v) is 2.81. The largest absolute Gasteiger partial charge is 0.379 e. The van der Waals surface area contributed by atoms with Crippen LogP contribution in [-0.2, 0) is 6.54 Å². The van der Waals surface area contributed by atoms with Crippen LogP contribution in [0, 0.1) is 3.57 Å². The van der Waals surface area contributed by atoms with E-state index in [1.54, 1.807) is 0 Å². The van der Waals surface area contributed by atoms with Gasteiger partial charge in [0.2, 0.25) is 0 Å². The molecule has 1 aromatic heterocycles. The third-order valence-corrected chi connectivity index (χ3v) is 3.82. The van der Waals surface area contributed by atoms with E-state index in [1.807, 2.05) is 30.7 Å². The molecule has 0 aliphatic rings. The van der Waals surface area contributed by atoms with E-state index in [0.717, 1.165) is 20.8 Å². The monoisotopic (exact) mass is 375 g/mol. The van der Waals surface area contributed by atoms with E-state index in [9.17, 15) is 0 Å². The molecule has 96 valence electrons. The van der Waals surface area contributed by atoms with Crippen molar-refractivity contribution >= 4 is 39.9 Å². The lowest BCUT2D eigenvalue weighted by Gasteiger charge is -2.13. The van der Waals surface area contributed by atoms with Gasteiger partial charge in [-0.25, -0.2) is 4.98 Å². The molecule has 0 saturated carbocycles. The standard InChI is InChI=1S/C13H15ClIN3/c1-9(2)18-8-16-6-11(18)7-17-13-4-3-10(14)5-12(13)15/h3-6,8-9,17H,7H2,1-2H3. The molecule has 0 bridgehead atoms. The summed E-state index contributed by atoms with van der Waals surface area (Å²) in [7, 11) is 0. The minimum absolute atomic E-state index is 0.425. The first-order valence-corrected chi connectivity index (χ1v) is 7.23. The van der Waals surface area contributed by atoms with Crippen molar-refractivity contribution in [3.63, 3.8) is 0 Å². The normalized spacial score (nSPS) is 10.9. The molecule has 1 heterocycles. The van der Waals surface area contributed by atoms with E-state index in [1.165, 1.54) is 5.69 Å². The number of nitrogens with zero attached hydrogens (tertiary/aromatic N) is 2. The van der Waals surface area contributed by atoms with Gasteiger partial charge in [-0.15, -0.1) is 0 Å². The number of anilines is 1. The lowest BCUT2D eigenvalue weighted by Crippen LogP contribution is -2.09. The molecular weight excluding hydrogens is 361 g/mol. The first kappa shape index (κ1) is 13.7. The zero-order valence-corrected chi connectivity index (χ0v) is 13.2. The molecule has 2 rings (SSSR count). The van der Waals surface area contributed by atoms with Gasteiger partial charge in [0.1, 0.15) is 0 Å². The summed E-state index contributed by atoms with van der Waals surface area (Å²) in [5.41, 5.74) is 2.27. The number of rotatable bonds is 4. The van der Waals surface area contributed by atoms with Crippen LogP contribution in [0.25, 0.3) is 0 Å². The van der Waals surface area contributed by atoms with Crippen LogP contribution in [-0.4, -0.2) is 9.55 Å². The number of benzene rings is 1. The molecule has 18 heavy (non-hydrogen) atoms. The minimum Gasteiger partial charge on any atom is -0.379 e. The Bertz CT molecular complexity index is 537.